The third-order valence-electron chi connectivity index (χ3n) is 2.68. The third kappa shape index (κ3) is 1.44. The zero-order chi connectivity index (χ0) is 9.19. The standard InChI is InChI=1S/C8H17N3O/c1-11(2)8(7(9)12)4-3-5-10-6-8/h10H,3-6H2,1-2H3,(H2,9,12). The summed E-state index contributed by atoms with van der Waals surface area (Å²) in [5.74, 6) is -0.222. The van der Waals surface area contributed by atoms with Gasteiger partial charge >= 0.3 is 0 Å². The van der Waals surface area contributed by atoms with Crippen molar-refractivity contribution >= 4 is 5.91 Å². The molecule has 1 heterocycles. The normalized spacial score (nSPS) is 30.6. The molecule has 1 fully saturated rings. The maximum absolute atomic E-state index is 11.3. The zero-order valence-corrected chi connectivity index (χ0v) is 7.76. The first-order chi connectivity index (χ1) is 5.59. The largest absolute Gasteiger partial charge is 0.368 e. The summed E-state index contributed by atoms with van der Waals surface area (Å²) in [6, 6.07) is 0. The van der Waals surface area contributed by atoms with Gasteiger partial charge in [0.05, 0.1) is 0 Å². The first-order valence-electron chi connectivity index (χ1n) is 4.28. The maximum atomic E-state index is 11.3. The number of piperidine rings is 1. The van der Waals surface area contributed by atoms with E-state index in [1.165, 1.54) is 0 Å². The molecular formula is C8H17N3O. The van der Waals surface area contributed by atoms with Crippen molar-refractivity contribution in [3.8, 4) is 0 Å². The van der Waals surface area contributed by atoms with Gasteiger partial charge in [-0.15, -0.1) is 0 Å². The number of primary amides is 1. The predicted octanol–water partition coefficient (Wildman–Crippen LogP) is -0.844. The Bertz CT molecular complexity index is 173. The molecule has 12 heavy (non-hydrogen) atoms. The van der Waals surface area contributed by atoms with E-state index in [-0.39, 0.29) is 5.91 Å². The number of rotatable bonds is 2. The minimum atomic E-state index is -0.460. The van der Waals surface area contributed by atoms with Crippen LogP contribution in [0.3, 0.4) is 0 Å². The van der Waals surface area contributed by atoms with Crippen LogP contribution in [0.1, 0.15) is 12.8 Å². The molecule has 0 spiro atoms. The molecule has 1 aliphatic rings. The summed E-state index contributed by atoms with van der Waals surface area (Å²) in [6.07, 6.45) is 1.88. The Labute approximate surface area is 73.1 Å². The van der Waals surface area contributed by atoms with Crippen molar-refractivity contribution in [2.75, 3.05) is 27.2 Å². The predicted molar refractivity (Wildman–Crippen MR) is 47.7 cm³/mol. The van der Waals surface area contributed by atoms with Crippen LogP contribution in [0.2, 0.25) is 0 Å². The van der Waals surface area contributed by atoms with Crippen LogP contribution in [-0.2, 0) is 4.79 Å². The Morgan fingerprint density at radius 1 is 1.58 bits per heavy atom. The van der Waals surface area contributed by atoms with Crippen molar-refractivity contribution in [3.63, 3.8) is 0 Å². The topological polar surface area (TPSA) is 58.4 Å². The van der Waals surface area contributed by atoms with E-state index in [9.17, 15) is 4.79 Å². The molecule has 0 bridgehead atoms. The fraction of sp³-hybridized carbons (Fsp3) is 0.875. The highest BCUT2D eigenvalue weighted by Gasteiger charge is 2.39. The SMILES string of the molecule is CN(C)C1(C(N)=O)CCCNC1. The van der Waals surface area contributed by atoms with Gasteiger partial charge in [0.1, 0.15) is 5.54 Å². The lowest BCUT2D eigenvalue weighted by Gasteiger charge is -2.40. The second-order valence-corrected chi connectivity index (χ2v) is 3.57. The van der Waals surface area contributed by atoms with Crippen molar-refractivity contribution in [1.29, 1.82) is 0 Å². The number of nitrogens with two attached hydrogens (primary N) is 1. The minimum absolute atomic E-state index is 0.222. The summed E-state index contributed by atoms with van der Waals surface area (Å²) in [6.45, 7) is 1.66. The van der Waals surface area contributed by atoms with Gasteiger partial charge in [0.2, 0.25) is 5.91 Å². The molecule has 1 unspecified atom stereocenters. The van der Waals surface area contributed by atoms with E-state index in [0.29, 0.717) is 6.54 Å². The molecule has 0 radical (unpaired) electrons. The molecule has 4 nitrogen and oxygen atoms in total. The molecule has 1 aliphatic heterocycles. The number of nitrogens with zero attached hydrogens (tertiary/aromatic N) is 1. The van der Waals surface area contributed by atoms with Gasteiger partial charge in [-0.3, -0.25) is 9.69 Å². The Kier molecular flexibility index (Phi) is 2.69. The van der Waals surface area contributed by atoms with Gasteiger partial charge in [-0.1, -0.05) is 0 Å². The van der Waals surface area contributed by atoms with Gasteiger partial charge in [-0.2, -0.15) is 0 Å². The van der Waals surface area contributed by atoms with E-state index in [1.54, 1.807) is 0 Å². The van der Waals surface area contributed by atoms with Crippen LogP contribution in [0, 0.1) is 0 Å². The van der Waals surface area contributed by atoms with Crippen molar-refractivity contribution < 1.29 is 4.79 Å². The number of carbonyl (C=O) groups excluding carboxylic acids is 1. The fourth-order valence-corrected chi connectivity index (χ4v) is 1.70. The number of amides is 1. The van der Waals surface area contributed by atoms with E-state index in [1.807, 2.05) is 19.0 Å². The van der Waals surface area contributed by atoms with Gasteiger partial charge in [-0.05, 0) is 33.5 Å². The summed E-state index contributed by atoms with van der Waals surface area (Å²) in [5, 5.41) is 3.20. The second kappa shape index (κ2) is 3.41. The molecule has 0 aliphatic carbocycles. The van der Waals surface area contributed by atoms with Crippen LogP contribution >= 0.6 is 0 Å². The lowest BCUT2D eigenvalue weighted by atomic mass is 9.88. The summed E-state index contributed by atoms with van der Waals surface area (Å²) < 4.78 is 0. The molecule has 1 amide bonds. The highest BCUT2D eigenvalue weighted by atomic mass is 16.1. The molecule has 70 valence electrons. The van der Waals surface area contributed by atoms with E-state index in [4.69, 9.17) is 5.73 Å². The van der Waals surface area contributed by atoms with Gasteiger partial charge in [0.25, 0.3) is 0 Å². The molecule has 1 rings (SSSR count). The zero-order valence-electron chi connectivity index (χ0n) is 7.76. The third-order valence-corrected chi connectivity index (χ3v) is 2.68. The number of hydrogen-bond donors (Lipinski definition) is 2. The Hall–Kier alpha value is -0.610. The molecular weight excluding hydrogens is 154 g/mol. The molecule has 4 heteroatoms. The van der Waals surface area contributed by atoms with E-state index < -0.39 is 5.54 Å². The quantitative estimate of drug-likeness (QED) is 0.569. The maximum Gasteiger partial charge on any atom is 0.239 e. The van der Waals surface area contributed by atoms with Crippen LogP contribution in [-0.4, -0.2) is 43.5 Å². The van der Waals surface area contributed by atoms with Crippen molar-refractivity contribution in [1.82, 2.24) is 10.2 Å². The lowest BCUT2D eigenvalue weighted by Crippen LogP contribution is -2.62. The van der Waals surface area contributed by atoms with E-state index in [2.05, 4.69) is 5.32 Å². The number of likely N-dealkylation sites (N-methyl/N-ethyl adjacent to an activating group) is 1. The van der Waals surface area contributed by atoms with Gasteiger partial charge in [0.15, 0.2) is 0 Å². The van der Waals surface area contributed by atoms with Crippen LogP contribution in [0.4, 0.5) is 0 Å². The minimum Gasteiger partial charge on any atom is -0.368 e. The van der Waals surface area contributed by atoms with Crippen molar-refractivity contribution in [2.45, 2.75) is 18.4 Å². The summed E-state index contributed by atoms with van der Waals surface area (Å²) in [7, 11) is 3.80. The summed E-state index contributed by atoms with van der Waals surface area (Å²) in [4.78, 5) is 13.2. The Balaban J connectivity index is 2.77. The van der Waals surface area contributed by atoms with Gasteiger partial charge in [-0.25, -0.2) is 0 Å². The molecule has 0 saturated carbocycles. The van der Waals surface area contributed by atoms with Crippen molar-refractivity contribution in [3.05, 3.63) is 0 Å². The summed E-state index contributed by atoms with van der Waals surface area (Å²) in [5.41, 5.74) is 4.92. The molecule has 0 aromatic rings. The number of hydrogen-bond acceptors (Lipinski definition) is 3. The Morgan fingerprint density at radius 3 is 2.50 bits per heavy atom. The molecule has 0 aromatic heterocycles. The summed E-state index contributed by atoms with van der Waals surface area (Å²) >= 11 is 0. The average molecular weight is 171 g/mol. The first kappa shape index (κ1) is 9.48. The monoisotopic (exact) mass is 171 g/mol. The average Bonchev–Trinajstić information content (AvgIpc) is 2.05. The first-order valence-corrected chi connectivity index (χ1v) is 4.28. The van der Waals surface area contributed by atoms with E-state index >= 15 is 0 Å². The van der Waals surface area contributed by atoms with Crippen LogP contribution in [0.5, 0.6) is 0 Å². The highest BCUT2D eigenvalue weighted by Crippen LogP contribution is 2.20. The lowest BCUT2D eigenvalue weighted by molar-refractivity contribution is -0.129. The van der Waals surface area contributed by atoms with Crippen LogP contribution in [0.15, 0.2) is 0 Å². The van der Waals surface area contributed by atoms with Crippen LogP contribution in [0.25, 0.3) is 0 Å². The second-order valence-electron chi connectivity index (χ2n) is 3.57. The molecule has 1 atom stereocenters. The van der Waals surface area contributed by atoms with Crippen molar-refractivity contribution in [2.24, 2.45) is 5.73 Å². The molecule has 1 saturated heterocycles. The number of nitrogens with one attached hydrogen (secondary N) is 1. The number of carbonyl (C=O) groups is 1. The smallest absolute Gasteiger partial charge is 0.239 e. The molecule has 3 N–H and O–H groups in total. The van der Waals surface area contributed by atoms with Gasteiger partial charge in [0, 0.05) is 6.54 Å². The highest BCUT2D eigenvalue weighted by molar-refractivity contribution is 5.85. The van der Waals surface area contributed by atoms with Gasteiger partial charge < -0.3 is 11.1 Å². The van der Waals surface area contributed by atoms with E-state index in [0.717, 1.165) is 19.4 Å². The molecule has 0 aromatic carbocycles. The van der Waals surface area contributed by atoms with Crippen LogP contribution < -0.4 is 11.1 Å². The Morgan fingerprint density at radius 2 is 2.25 bits per heavy atom. The fourth-order valence-electron chi connectivity index (χ4n) is 1.70.